The molecule has 0 atom stereocenters. The number of unbranched alkanes of at least 4 members (excludes halogenated alkanes) is 5. The quantitative estimate of drug-likeness (QED) is 0.411. The van der Waals surface area contributed by atoms with Crippen LogP contribution in [0, 0.1) is 0 Å². The lowest BCUT2D eigenvalue weighted by atomic mass is 10.1. The molecule has 0 saturated carbocycles. The summed E-state index contributed by atoms with van der Waals surface area (Å²) in [6.07, 6.45) is 7.92. The molecular formula is C11H23NO2. The van der Waals surface area contributed by atoms with Gasteiger partial charge in [-0.2, -0.15) is 0 Å². The van der Waals surface area contributed by atoms with Gasteiger partial charge in [-0.25, -0.2) is 0 Å². The molecule has 0 fully saturated rings. The van der Waals surface area contributed by atoms with Gasteiger partial charge in [0.25, 0.3) is 6.47 Å². The van der Waals surface area contributed by atoms with Crippen LogP contribution >= 0.6 is 0 Å². The van der Waals surface area contributed by atoms with E-state index in [2.05, 4.69) is 17.0 Å². The number of hydrogen-bond donors (Lipinski definition) is 1. The molecule has 14 heavy (non-hydrogen) atoms. The third kappa shape index (κ3) is 11.4. The lowest BCUT2D eigenvalue weighted by molar-refractivity contribution is -0.128. The molecule has 0 aromatic rings. The number of rotatable bonds is 11. The fraction of sp³-hybridized carbons (Fsp3) is 0.909. The summed E-state index contributed by atoms with van der Waals surface area (Å²) in [4.78, 5) is 9.79. The summed E-state index contributed by atoms with van der Waals surface area (Å²) in [5.74, 6) is 0. The van der Waals surface area contributed by atoms with Gasteiger partial charge in [-0.15, -0.1) is 0 Å². The Kier molecular flexibility index (Phi) is 11.9. The van der Waals surface area contributed by atoms with E-state index in [1.54, 1.807) is 0 Å². The molecule has 3 heteroatoms. The molecule has 0 aromatic carbocycles. The Bertz CT molecular complexity index is 118. The van der Waals surface area contributed by atoms with Crippen LogP contribution in [0.5, 0.6) is 0 Å². The highest BCUT2D eigenvalue weighted by Gasteiger charge is 1.90. The SMILES string of the molecule is CCCCCCCCNCCOC=O. The standard InChI is InChI=1S/C11H23NO2/c1-2-3-4-5-6-7-8-12-9-10-14-11-13/h11-12H,2-10H2,1H3. The van der Waals surface area contributed by atoms with Crippen molar-refractivity contribution in [3.8, 4) is 0 Å². The van der Waals surface area contributed by atoms with Crippen molar-refractivity contribution in [2.45, 2.75) is 45.4 Å². The zero-order chi connectivity index (χ0) is 10.5. The van der Waals surface area contributed by atoms with Gasteiger partial charge < -0.3 is 10.1 Å². The molecule has 0 radical (unpaired) electrons. The molecule has 1 N–H and O–H groups in total. The van der Waals surface area contributed by atoms with Gasteiger partial charge in [0.1, 0.15) is 6.61 Å². The van der Waals surface area contributed by atoms with Gasteiger partial charge in [0.05, 0.1) is 0 Å². The van der Waals surface area contributed by atoms with Gasteiger partial charge in [-0.1, -0.05) is 39.0 Å². The molecule has 3 nitrogen and oxygen atoms in total. The van der Waals surface area contributed by atoms with Gasteiger partial charge in [0, 0.05) is 6.54 Å². The summed E-state index contributed by atoms with van der Waals surface area (Å²) in [7, 11) is 0. The van der Waals surface area contributed by atoms with E-state index in [9.17, 15) is 4.79 Å². The molecule has 0 spiro atoms. The molecule has 0 amide bonds. The molecule has 0 unspecified atom stereocenters. The van der Waals surface area contributed by atoms with E-state index in [-0.39, 0.29) is 0 Å². The number of hydrogen-bond acceptors (Lipinski definition) is 3. The summed E-state index contributed by atoms with van der Waals surface area (Å²) in [5, 5.41) is 3.23. The van der Waals surface area contributed by atoms with Gasteiger partial charge >= 0.3 is 0 Å². The Labute approximate surface area is 87.2 Å². The third-order valence-electron chi connectivity index (χ3n) is 2.17. The Hall–Kier alpha value is -0.570. The second-order valence-electron chi connectivity index (χ2n) is 3.48. The van der Waals surface area contributed by atoms with E-state index in [1.165, 1.54) is 38.5 Å². The predicted molar refractivity (Wildman–Crippen MR) is 58.3 cm³/mol. The minimum atomic E-state index is 0.485. The topological polar surface area (TPSA) is 38.3 Å². The average molecular weight is 201 g/mol. The largest absolute Gasteiger partial charge is 0.467 e. The van der Waals surface area contributed by atoms with Crippen molar-refractivity contribution < 1.29 is 9.53 Å². The highest BCUT2D eigenvalue weighted by Crippen LogP contribution is 2.03. The maximum Gasteiger partial charge on any atom is 0.293 e. The van der Waals surface area contributed by atoms with Crippen LogP contribution in [0.1, 0.15) is 45.4 Å². The molecule has 0 heterocycles. The summed E-state index contributed by atoms with van der Waals surface area (Å²) in [6, 6.07) is 0. The predicted octanol–water partition coefficient (Wildman–Crippen LogP) is 2.11. The first-order valence-electron chi connectivity index (χ1n) is 5.67. The molecule has 0 aliphatic heterocycles. The van der Waals surface area contributed by atoms with E-state index in [0.29, 0.717) is 13.1 Å². The summed E-state index contributed by atoms with van der Waals surface area (Å²) < 4.78 is 4.55. The molecule has 0 aliphatic carbocycles. The first-order valence-corrected chi connectivity index (χ1v) is 5.67. The van der Waals surface area contributed by atoms with E-state index in [4.69, 9.17) is 0 Å². The zero-order valence-corrected chi connectivity index (χ0v) is 9.26. The highest BCUT2D eigenvalue weighted by atomic mass is 16.5. The lowest BCUT2D eigenvalue weighted by Crippen LogP contribution is -2.20. The van der Waals surface area contributed by atoms with Crippen molar-refractivity contribution in [2.24, 2.45) is 0 Å². The highest BCUT2D eigenvalue weighted by molar-refractivity contribution is 5.36. The van der Waals surface area contributed by atoms with Gasteiger partial charge in [-0.3, -0.25) is 4.79 Å². The van der Waals surface area contributed by atoms with Crippen molar-refractivity contribution in [2.75, 3.05) is 19.7 Å². The summed E-state index contributed by atoms with van der Waals surface area (Å²) in [6.45, 7) is 5.02. The minimum absolute atomic E-state index is 0.485. The monoisotopic (exact) mass is 201 g/mol. The third-order valence-corrected chi connectivity index (χ3v) is 2.17. The Morgan fingerprint density at radius 2 is 1.79 bits per heavy atom. The first kappa shape index (κ1) is 13.4. The van der Waals surface area contributed by atoms with Crippen LogP contribution in [0.4, 0.5) is 0 Å². The van der Waals surface area contributed by atoms with Crippen LogP contribution in [0.15, 0.2) is 0 Å². The number of carbonyl (C=O) groups is 1. The van der Waals surface area contributed by atoms with E-state index in [0.717, 1.165) is 13.1 Å². The second kappa shape index (κ2) is 12.4. The van der Waals surface area contributed by atoms with Gasteiger partial charge in [0.2, 0.25) is 0 Å². The molecule has 84 valence electrons. The second-order valence-corrected chi connectivity index (χ2v) is 3.48. The van der Waals surface area contributed by atoms with Crippen molar-refractivity contribution in [3.63, 3.8) is 0 Å². The van der Waals surface area contributed by atoms with E-state index in [1.807, 2.05) is 0 Å². The van der Waals surface area contributed by atoms with Crippen molar-refractivity contribution in [1.82, 2.24) is 5.32 Å². The molecular weight excluding hydrogens is 178 g/mol. The lowest BCUT2D eigenvalue weighted by Gasteiger charge is -2.03. The minimum Gasteiger partial charge on any atom is -0.467 e. The summed E-state index contributed by atoms with van der Waals surface area (Å²) >= 11 is 0. The number of carbonyl (C=O) groups excluding carboxylic acids is 1. The molecule has 0 aliphatic rings. The van der Waals surface area contributed by atoms with Crippen LogP contribution in [0.2, 0.25) is 0 Å². The fourth-order valence-electron chi connectivity index (χ4n) is 1.33. The summed E-state index contributed by atoms with van der Waals surface area (Å²) in [5.41, 5.74) is 0. The van der Waals surface area contributed by atoms with Crippen molar-refractivity contribution in [1.29, 1.82) is 0 Å². The maximum atomic E-state index is 9.79. The van der Waals surface area contributed by atoms with Gasteiger partial charge in [-0.05, 0) is 13.0 Å². The number of ether oxygens (including phenoxy) is 1. The van der Waals surface area contributed by atoms with Crippen LogP contribution in [-0.4, -0.2) is 26.2 Å². The van der Waals surface area contributed by atoms with Crippen molar-refractivity contribution in [3.05, 3.63) is 0 Å². The first-order chi connectivity index (χ1) is 6.91. The van der Waals surface area contributed by atoms with Crippen LogP contribution < -0.4 is 5.32 Å². The molecule has 0 aromatic heterocycles. The fourth-order valence-corrected chi connectivity index (χ4v) is 1.33. The number of nitrogens with one attached hydrogen (secondary N) is 1. The van der Waals surface area contributed by atoms with Crippen LogP contribution in [0.3, 0.4) is 0 Å². The smallest absolute Gasteiger partial charge is 0.293 e. The maximum absolute atomic E-state index is 9.79. The van der Waals surface area contributed by atoms with Gasteiger partial charge in [0.15, 0.2) is 0 Å². The Morgan fingerprint density at radius 1 is 1.07 bits per heavy atom. The van der Waals surface area contributed by atoms with Crippen LogP contribution in [-0.2, 0) is 9.53 Å². The van der Waals surface area contributed by atoms with E-state index < -0.39 is 0 Å². The Balaban J connectivity index is 2.81. The van der Waals surface area contributed by atoms with E-state index >= 15 is 0 Å². The zero-order valence-electron chi connectivity index (χ0n) is 9.26. The molecule has 0 bridgehead atoms. The van der Waals surface area contributed by atoms with Crippen LogP contribution in [0.25, 0.3) is 0 Å². The molecule has 0 saturated heterocycles. The normalized spacial score (nSPS) is 10.1. The molecule has 0 rings (SSSR count). The Morgan fingerprint density at radius 3 is 2.50 bits per heavy atom. The average Bonchev–Trinajstić information content (AvgIpc) is 2.21. The van der Waals surface area contributed by atoms with Crippen molar-refractivity contribution >= 4 is 6.47 Å².